The van der Waals surface area contributed by atoms with E-state index in [0.29, 0.717) is 0 Å². The van der Waals surface area contributed by atoms with Crippen LogP contribution in [-0.2, 0) is 28.8 Å². The summed E-state index contributed by atoms with van der Waals surface area (Å²) in [6.45, 7) is -3.26. The van der Waals surface area contributed by atoms with Crippen LogP contribution in [0.3, 0.4) is 0 Å². The number of ether oxygens (including phenoxy) is 2. The Morgan fingerprint density at radius 3 is 1.22 bits per heavy atom. The maximum Gasteiger partial charge on any atom is 0.523 e. The van der Waals surface area contributed by atoms with Crippen molar-refractivity contribution in [1.29, 1.82) is 0 Å². The predicted octanol–water partition coefficient (Wildman–Crippen LogP) is 1.06. The molecule has 0 aliphatic heterocycles. The highest BCUT2D eigenvalue weighted by Crippen LogP contribution is 2.16. The first-order valence-electron chi connectivity index (χ1n) is 3.81. The van der Waals surface area contributed by atoms with E-state index in [0.717, 1.165) is 0 Å². The molecule has 0 spiro atoms. The van der Waals surface area contributed by atoms with Gasteiger partial charge in [-0.05, 0) is 0 Å². The summed E-state index contributed by atoms with van der Waals surface area (Å²) < 4.78 is 74.2. The summed E-state index contributed by atoms with van der Waals surface area (Å²) in [7, 11) is 0. The Kier molecular flexibility index (Phi) is 5.84. The average molecular weight is 286 g/mol. The standard InChI is InChI=1S/C6H4F6O6/c7-5(8,9)15-1-3(13)17-18-4(14)2-16-6(10,11)12/h1-2H2. The Morgan fingerprint density at radius 2 is 1.00 bits per heavy atom. The molecule has 0 aromatic heterocycles. The second-order valence-electron chi connectivity index (χ2n) is 2.38. The van der Waals surface area contributed by atoms with Gasteiger partial charge < -0.3 is 0 Å². The Hall–Kier alpha value is -1.56. The minimum absolute atomic E-state index is 1.63. The van der Waals surface area contributed by atoms with Crippen LogP contribution in [0.4, 0.5) is 26.3 Å². The topological polar surface area (TPSA) is 71.1 Å². The lowest BCUT2D eigenvalue weighted by Crippen LogP contribution is -2.25. The van der Waals surface area contributed by atoms with Crippen LogP contribution in [0.2, 0.25) is 0 Å². The molecular formula is C6H4F6O6. The Balaban J connectivity index is 3.76. The fourth-order valence-electron chi connectivity index (χ4n) is 0.423. The number of hydrogen-bond donors (Lipinski definition) is 0. The third-order valence-corrected chi connectivity index (χ3v) is 0.935. The number of rotatable bonds is 4. The molecule has 0 unspecified atom stereocenters. The van der Waals surface area contributed by atoms with Crippen LogP contribution in [0.1, 0.15) is 0 Å². The van der Waals surface area contributed by atoms with Gasteiger partial charge in [0, 0.05) is 0 Å². The van der Waals surface area contributed by atoms with E-state index in [-0.39, 0.29) is 0 Å². The van der Waals surface area contributed by atoms with Gasteiger partial charge in [0.1, 0.15) is 0 Å². The molecule has 0 aliphatic carbocycles. The molecule has 106 valence electrons. The van der Waals surface area contributed by atoms with Gasteiger partial charge in [-0.3, -0.25) is 9.47 Å². The number of carbonyl (C=O) groups excluding carboxylic acids is 2. The van der Waals surface area contributed by atoms with Crippen LogP contribution in [0.15, 0.2) is 0 Å². The van der Waals surface area contributed by atoms with Crippen molar-refractivity contribution < 1.29 is 55.2 Å². The van der Waals surface area contributed by atoms with E-state index < -0.39 is 37.9 Å². The lowest BCUT2D eigenvalue weighted by atomic mass is 10.7. The number of halogens is 6. The molecule has 18 heavy (non-hydrogen) atoms. The maximum absolute atomic E-state index is 11.4. The lowest BCUT2D eigenvalue weighted by Gasteiger charge is -2.07. The molecule has 6 nitrogen and oxygen atoms in total. The first-order chi connectivity index (χ1) is 7.99. The van der Waals surface area contributed by atoms with Crippen molar-refractivity contribution in [1.82, 2.24) is 0 Å². The van der Waals surface area contributed by atoms with Crippen LogP contribution in [0.5, 0.6) is 0 Å². The molecule has 0 atom stereocenters. The third-order valence-electron chi connectivity index (χ3n) is 0.935. The fraction of sp³-hybridized carbons (Fsp3) is 0.667. The van der Waals surface area contributed by atoms with Gasteiger partial charge in [0.25, 0.3) is 0 Å². The first kappa shape index (κ1) is 16.4. The molecule has 0 N–H and O–H groups in total. The Bertz CT molecular complexity index is 266. The van der Waals surface area contributed by atoms with Crippen molar-refractivity contribution in [3.8, 4) is 0 Å². The van der Waals surface area contributed by atoms with Crippen LogP contribution in [0, 0.1) is 0 Å². The van der Waals surface area contributed by atoms with E-state index in [1.54, 1.807) is 0 Å². The molecule has 0 saturated heterocycles. The van der Waals surface area contributed by atoms with Gasteiger partial charge >= 0.3 is 24.7 Å². The fourth-order valence-corrected chi connectivity index (χ4v) is 0.423. The van der Waals surface area contributed by atoms with E-state index in [1.165, 1.54) is 0 Å². The summed E-state index contributed by atoms with van der Waals surface area (Å²) in [5.74, 6) is -3.54. The highest BCUT2D eigenvalue weighted by molar-refractivity contribution is 5.74. The van der Waals surface area contributed by atoms with E-state index in [9.17, 15) is 35.9 Å². The molecule has 0 bridgehead atoms. The number of hydrogen-bond acceptors (Lipinski definition) is 6. The molecule has 0 aromatic carbocycles. The molecule has 12 heteroatoms. The molecule has 0 rings (SSSR count). The first-order valence-corrected chi connectivity index (χ1v) is 3.81. The summed E-state index contributed by atoms with van der Waals surface area (Å²) >= 11 is 0. The third kappa shape index (κ3) is 10.9. The second kappa shape index (κ2) is 6.39. The molecular weight excluding hydrogens is 282 g/mol. The summed E-state index contributed by atoms with van der Waals surface area (Å²) in [6, 6.07) is 0. The second-order valence-corrected chi connectivity index (χ2v) is 2.38. The molecule has 0 aromatic rings. The molecule has 0 saturated carbocycles. The van der Waals surface area contributed by atoms with Crippen molar-refractivity contribution in [3.63, 3.8) is 0 Å². The van der Waals surface area contributed by atoms with Crippen molar-refractivity contribution in [2.24, 2.45) is 0 Å². The highest BCUT2D eigenvalue weighted by atomic mass is 19.4. The smallest absolute Gasteiger partial charge is 0.280 e. The van der Waals surface area contributed by atoms with Gasteiger partial charge in [-0.15, -0.1) is 26.3 Å². The minimum atomic E-state index is -5.11. The van der Waals surface area contributed by atoms with Crippen LogP contribution in [0.25, 0.3) is 0 Å². The monoisotopic (exact) mass is 286 g/mol. The normalized spacial score (nSPS) is 12.1. The maximum atomic E-state index is 11.4. The van der Waals surface area contributed by atoms with Gasteiger partial charge in [-0.25, -0.2) is 19.4 Å². The van der Waals surface area contributed by atoms with Gasteiger partial charge in [0.2, 0.25) is 0 Å². The number of alkyl halides is 6. The van der Waals surface area contributed by atoms with Gasteiger partial charge in [0.05, 0.1) is 0 Å². The zero-order chi connectivity index (χ0) is 14.4. The van der Waals surface area contributed by atoms with Gasteiger partial charge in [0.15, 0.2) is 13.2 Å². The summed E-state index contributed by atoms with van der Waals surface area (Å²) in [5.41, 5.74) is 0. The van der Waals surface area contributed by atoms with Gasteiger partial charge in [-0.1, -0.05) is 0 Å². The van der Waals surface area contributed by atoms with E-state index in [2.05, 4.69) is 19.2 Å². The largest absolute Gasteiger partial charge is 0.523 e. The zero-order valence-corrected chi connectivity index (χ0v) is 8.13. The SMILES string of the molecule is O=C(COC(F)(F)F)OOC(=O)COC(F)(F)F. The van der Waals surface area contributed by atoms with E-state index in [1.807, 2.05) is 0 Å². The zero-order valence-electron chi connectivity index (χ0n) is 8.13. The van der Waals surface area contributed by atoms with Crippen LogP contribution >= 0.6 is 0 Å². The van der Waals surface area contributed by atoms with Crippen molar-refractivity contribution in [3.05, 3.63) is 0 Å². The van der Waals surface area contributed by atoms with Crippen molar-refractivity contribution in [2.45, 2.75) is 12.7 Å². The molecule has 0 heterocycles. The summed E-state index contributed by atoms with van der Waals surface area (Å²) in [5, 5.41) is 0. The molecule has 0 aliphatic rings. The summed E-state index contributed by atoms with van der Waals surface area (Å²) in [6.07, 6.45) is -10.2. The van der Waals surface area contributed by atoms with E-state index >= 15 is 0 Å². The van der Waals surface area contributed by atoms with Crippen molar-refractivity contribution >= 4 is 11.9 Å². The van der Waals surface area contributed by atoms with Gasteiger partial charge in [-0.2, -0.15) is 0 Å². The quantitative estimate of drug-likeness (QED) is 0.437. The number of carbonyl (C=O) groups is 2. The average Bonchev–Trinajstić information content (AvgIpc) is 2.18. The molecule has 0 amide bonds. The van der Waals surface area contributed by atoms with Crippen LogP contribution < -0.4 is 0 Å². The lowest BCUT2D eigenvalue weighted by molar-refractivity contribution is -0.336. The van der Waals surface area contributed by atoms with E-state index in [4.69, 9.17) is 0 Å². The van der Waals surface area contributed by atoms with Crippen molar-refractivity contribution in [2.75, 3.05) is 13.2 Å². The Labute approximate surface area is 94.3 Å². The molecule has 0 radical (unpaired) electrons. The Morgan fingerprint density at radius 1 is 0.722 bits per heavy atom. The highest BCUT2D eigenvalue weighted by Gasteiger charge is 2.32. The molecule has 0 fully saturated rings. The predicted molar refractivity (Wildman–Crippen MR) is 36.2 cm³/mol. The summed E-state index contributed by atoms with van der Waals surface area (Å²) in [4.78, 5) is 27.6. The van der Waals surface area contributed by atoms with Crippen LogP contribution in [-0.4, -0.2) is 37.9 Å². The minimum Gasteiger partial charge on any atom is -0.280 e.